The van der Waals surface area contributed by atoms with Gasteiger partial charge in [-0.3, -0.25) is 14.3 Å². The molecule has 162 valence electrons. The molecule has 4 aromatic rings. The second kappa shape index (κ2) is 9.65. The largest absolute Gasteiger partial charge is 0.497 e. The first kappa shape index (κ1) is 21.6. The third kappa shape index (κ3) is 4.81. The molecule has 32 heavy (non-hydrogen) atoms. The van der Waals surface area contributed by atoms with E-state index < -0.39 is 0 Å². The van der Waals surface area contributed by atoms with E-state index in [4.69, 9.17) is 4.74 Å². The van der Waals surface area contributed by atoms with Crippen molar-refractivity contribution >= 4 is 23.4 Å². The fourth-order valence-corrected chi connectivity index (χ4v) is 3.89. The number of benzene rings is 2. The minimum absolute atomic E-state index is 0.109. The van der Waals surface area contributed by atoms with Crippen LogP contribution < -0.4 is 10.1 Å². The molecular formula is C24H23N5O2S. The fourth-order valence-electron chi connectivity index (χ4n) is 3.13. The van der Waals surface area contributed by atoms with Crippen LogP contribution in [0.5, 0.6) is 5.75 Å². The van der Waals surface area contributed by atoms with Crippen molar-refractivity contribution in [3.8, 4) is 23.0 Å². The van der Waals surface area contributed by atoms with Crippen molar-refractivity contribution in [2.75, 3.05) is 18.2 Å². The Hall–Kier alpha value is -3.65. The molecule has 0 fully saturated rings. The average Bonchev–Trinajstić information content (AvgIpc) is 3.25. The number of anilines is 1. The molecule has 4 rings (SSSR count). The summed E-state index contributed by atoms with van der Waals surface area (Å²) in [6.07, 6.45) is 1.71. The van der Waals surface area contributed by atoms with Crippen LogP contribution in [0.1, 0.15) is 11.1 Å². The minimum atomic E-state index is -0.109. The second-order valence-electron chi connectivity index (χ2n) is 7.19. The quantitative estimate of drug-likeness (QED) is 0.416. The zero-order valence-electron chi connectivity index (χ0n) is 18.1. The number of aromatic nitrogens is 4. The summed E-state index contributed by atoms with van der Waals surface area (Å²) in [5.41, 5.74) is 4.65. The Bertz CT molecular complexity index is 1220. The van der Waals surface area contributed by atoms with Gasteiger partial charge in [0.15, 0.2) is 11.0 Å². The van der Waals surface area contributed by atoms with Gasteiger partial charge in [0.1, 0.15) is 11.4 Å². The van der Waals surface area contributed by atoms with Crippen LogP contribution in [-0.4, -0.2) is 38.5 Å². The van der Waals surface area contributed by atoms with E-state index in [1.165, 1.54) is 17.3 Å². The highest BCUT2D eigenvalue weighted by Crippen LogP contribution is 2.28. The Morgan fingerprint density at radius 1 is 1.03 bits per heavy atom. The van der Waals surface area contributed by atoms with Crippen LogP contribution >= 0.6 is 11.8 Å². The number of pyridine rings is 1. The molecule has 0 atom stereocenters. The molecule has 1 amide bonds. The number of hydrogen-bond donors (Lipinski definition) is 1. The molecule has 2 aromatic heterocycles. The standard InChI is InChI=1S/C24H23N5O2S/c1-16-7-8-18(14-17(16)2)26-22(30)15-32-24-28-27-23(21-6-4-5-13-25-21)29(24)19-9-11-20(31-3)12-10-19/h4-14H,15H2,1-3H3,(H,26,30). The summed E-state index contributed by atoms with van der Waals surface area (Å²) in [5.74, 6) is 1.45. The van der Waals surface area contributed by atoms with Crippen LogP contribution in [0.25, 0.3) is 17.2 Å². The summed E-state index contributed by atoms with van der Waals surface area (Å²) in [6, 6.07) is 19.1. The summed E-state index contributed by atoms with van der Waals surface area (Å²) in [7, 11) is 1.63. The highest BCUT2D eigenvalue weighted by Gasteiger charge is 2.18. The Labute approximate surface area is 190 Å². The number of carbonyl (C=O) groups excluding carboxylic acids is 1. The number of aryl methyl sites for hydroxylation is 2. The van der Waals surface area contributed by atoms with Crippen LogP contribution in [0, 0.1) is 13.8 Å². The summed E-state index contributed by atoms with van der Waals surface area (Å²) in [4.78, 5) is 17.0. The van der Waals surface area contributed by atoms with Crippen molar-refractivity contribution in [3.05, 3.63) is 78.0 Å². The third-order valence-electron chi connectivity index (χ3n) is 4.98. The molecule has 0 aliphatic carbocycles. The van der Waals surface area contributed by atoms with E-state index in [1.807, 2.05) is 79.1 Å². The lowest BCUT2D eigenvalue weighted by atomic mass is 10.1. The number of nitrogens with zero attached hydrogens (tertiary/aromatic N) is 4. The molecule has 8 heteroatoms. The normalized spacial score (nSPS) is 10.7. The summed E-state index contributed by atoms with van der Waals surface area (Å²) in [5, 5.41) is 12.2. The Kier molecular flexibility index (Phi) is 6.51. The van der Waals surface area contributed by atoms with Gasteiger partial charge in [-0.2, -0.15) is 0 Å². The minimum Gasteiger partial charge on any atom is -0.497 e. The molecule has 2 aromatic carbocycles. The first-order valence-electron chi connectivity index (χ1n) is 10.1. The highest BCUT2D eigenvalue weighted by atomic mass is 32.2. The predicted molar refractivity (Wildman–Crippen MR) is 126 cm³/mol. The Morgan fingerprint density at radius 3 is 2.53 bits per heavy atom. The van der Waals surface area contributed by atoms with Crippen LogP contribution in [0.15, 0.2) is 72.0 Å². The second-order valence-corrected chi connectivity index (χ2v) is 8.13. The van der Waals surface area contributed by atoms with Gasteiger partial charge < -0.3 is 10.1 Å². The maximum atomic E-state index is 12.6. The van der Waals surface area contributed by atoms with E-state index in [2.05, 4.69) is 20.5 Å². The first-order valence-corrected chi connectivity index (χ1v) is 11.0. The van der Waals surface area contributed by atoms with Crippen molar-refractivity contribution in [2.24, 2.45) is 0 Å². The lowest BCUT2D eigenvalue weighted by molar-refractivity contribution is -0.113. The molecule has 0 spiro atoms. The average molecular weight is 446 g/mol. The molecule has 7 nitrogen and oxygen atoms in total. The summed E-state index contributed by atoms with van der Waals surface area (Å²) in [6.45, 7) is 4.07. The number of ether oxygens (including phenoxy) is 1. The topological polar surface area (TPSA) is 81.9 Å². The Morgan fingerprint density at radius 2 is 1.84 bits per heavy atom. The van der Waals surface area contributed by atoms with Gasteiger partial charge >= 0.3 is 0 Å². The molecule has 0 aliphatic heterocycles. The van der Waals surface area contributed by atoms with Crippen molar-refractivity contribution in [1.29, 1.82) is 0 Å². The maximum absolute atomic E-state index is 12.6. The van der Waals surface area contributed by atoms with Crippen LogP contribution in [0.2, 0.25) is 0 Å². The van der Waals surface area contributed by atoms with Gasteiger partial charge in [-0.05, 0) is 73.5 Å². The first-order chi connectivity index (χ1) is 15.5. The van der Waals surface area contributed by atoms with Crippen LogP contribution in [0.3, 0.4) is 0 Å². The fraction of sp³-hybridized carbons (Fsp3) is 0.167. The summed E-state index contributed by atoms with van der Waals surface area (Å²) >= 11 is 1.32. The van der Waals surface area contributed by atoms with E-state index in [-0.39, 0.29) is 11.7 Å². The summed E-state index contributed by atoms with van der Waals surface area (Å²) < 4.78 is 7.17. The van der Waals surface area contributed by atoms with Crippen molar-refractivity contribution in [2.45, 2.75) is 19.0 Å². The van der Waals surface area contributed by atoms with Crippen molar-refractivity contribution in [1.82, 2.24) is 19.7 Å². The number of rotatable bonds is 7. The molecule has 0 unspecified atom stereocenters. The number of hydrogen-bond acceptors (Lipinski definition) is 6. The van der Waals surface area contributed by atoms with E-state index in [0.717, 1.165) is 22.7 Å². The molecule has 0 aliphatic rings. The van der Waals surface area contributed by atoms with E-state index in [9.17, 15) is 4.79 Å². The molecule has 0 saturated heterocycles. The zero-order valence-corrected chi connectivity index (χ0v) is 18.9. The van der Waals surface area contributed by atoms with Gasteiger partial charge in [-0.1, -0.05) is 23.9 Å². The molecular weight excluding hydrogens is 422 g/mol. The van der Waals surface area contributed by atoms with Gasteiger partial charge in [0.05, 0.1) is 18.6 Å². The number of methoxy groups -OCH3 is 1. The van der Waals surface area contributed by atoms with Crippen molar-refractivity contribution in [3.63, 3.8) is 0 Å². The molecule has 0 saturated carbocycles. The van der Waals surface area contributed by atoms with Gasteiger partial charge in [0.2, 0.25) is 5.91 Å². The number of thioether (sulfide) groups is 1. The van der Waals surface area contributed by atoms with Crippen molar-refractivity contribution < 1.29 is 9.53 Å². The Balaban J connectivity index is 1.58. The van der Waals surface area contributed by atoms with Gasteiger partial charge in [0, 0.05) is 11.9 Å². The van der Waals surface area contributed by atoms with E-state index in [1.54, 1.807) is 13.3 Å². The van der Waals surface area contributed by atoms with Gasteiger partial charge in [-0.25, -0.2) is 0 Å². The van der Waals surface area contributed by atoms with Gasteiger partial charge in [-0.15, -0.1) is 10.2 Å². The molecule has 2 heterocycles. The van der Waals surface area contributed by atoms with E-state index in [0.29, 0.717) is 16.7 Å². The highest BCUT2D eigenvalue weighted by molar-refractivity contribution is 7.99. The lowest BCUT2D eigenvalue weighted by Gasteiger charge is -2.11. The van der Waals surface area contributed by atoms with E-state index >= 15 is 0 Å². The monoisotopic (exact) mass is 445 g/mol. The smallest absolute Gasteiger partial charge is 0.234 e. The third-order valence-corrected chi connectivity index (χ3v) is 5.91. The predicted octanol–water partition coefficient (Wildman–Crippen LogP) is 4.69. The number of amides is 1. The molecule has 0 bridgehead atoms. The number of nitrogens with one attached hydrogen (secondary N) is 1. The SMILES string of the molecule is COc1ccc(-n2c(SCC(=O)Nc3ccc(C)c(C)c3)nnc2-c2ccccn2)cc1. The number of carbonyl (C=O) groups is 1. The molecule has 1 N–H and O–H groups in total. The lowest BCUT2D eigenvalue weighted by Crippen LogP contribution is -2.14. The van der Waals surface area contributed by atoms with Crippen LogP contribution in [0.4, 0.5) is 5.69 Å². The maximum Gasteiger partial charge on any atom is 0.234 e. The van der Waals surface area contributed by atoms with Crippen LogP contribution in [-0.2, 0) is 4.79 Å². The van der Waals surface area contributed by atoms with Gasteiger partial charge in [0.25, 0.3) is 0 Å². The molecule has 0 radical (unpaired) electrons. The zero-order chi connectivity index (χ0) is 22.5.